The van der Waals surface area contributed by atoms with Gasteiger partial charge in [-0.15, -0.1) is 0 Å². The lowest BCUT2D eigenvalue weighted by Gasteiger charge is -2.27. The molecule has 0 fully saturated rings. The highest BCUT2D eigenvalue weighted by Gasteiger charge is 2.29. The molecule has 0 aliphatic rings. The third-order valence-corrected chi connectivity index (χ3v) is 4.17. The van der Waals surface area contributed by atoms with Gasteiger partial charge in [0, 0.05) is 15.1 Å². The van der Waals surface area contributed by atoms with Crippen LogP contribution in [0.5, 0.6) is 0 Å². The molecule has 1 unspecified atom stereocenters. The minimum absolute atomic E-state index is 0.555. The van der Waals surface area contributed by atoms with E-state index in [2.05, 4.69) is 22.0 Å². The predicted octanol–water partition coefficient (Wildman–Crippen LogP) is 4.98. The monoisotopic (exact) mass is 338 g/mol. The normalized spacial score (nSPS) is 14.2. The summed E-state index contributed by atoms with van der Waals surface area (Å²) in [5.41, 5.74) is 2.73. The van der Waals surface area contributed by atoms with Crippen LogP contribution in [0.15, 0.2) is 40.9 Å². The average molecular weight is 340 g/mol. The molecule has 0 spiro atoms. The maximum Gasteiger partial charge on any atom is 0.113 e. The number of hydrogen-bond donors (Lipinski definition) is 1. The molecule has 0 amide bonds. The number of aliphatic hydroxyl groups is 1. The van der Waals surface area contributed by atoms with E-state index in [4.69, 9.17) is 11.6 Å². The molecule has 2 aromatic carbocycles. The fraction of sp³-hybridized carbons (Fsp3) is 0.250. The molecular weight excluding hydrogens is 324 g/mol. The molecule has 1 nitrogen and oxygen atoms in total. The Labute approximate surface area is 127 Å². The maximum atomic E-state index is 10.9. The van der Waals surface area contributed by atoms with Crippen molar-refractivity contribution >= 4 is 27.5 Å². The Hall–Kier alpha value is -0.830. The van der Waals surface area contributed by atoms with E-state index in [0.29, 0.717) is 10.6 Å². The summed E-state index contributed by atoms with van der Waals surface area (Å²) in [6, 6.07) is 11.6. The first-order chi connectivity index (χ1) is 8.82. The molecule has 2 aromatic rings. The molecule has 0 saturated carbocycles. The second kappa shape index (κ2) is 5.28. The largest absolute Gasteiger partial charge is 0.381 e. The molecule has 0 radical (unpaired) electrons. The zero-order valence-corrected chi connectivity index (χ0v) is 13.5. The van der Waals surface area contributed by atoms with E-state index in [1.165, 1.54) is 5.56 Å². The summed E-state index contributed by atoms with van der Waals surface area (Å²) in [5.74, 6) is 0. The van der Waals surface area contributed by atoms with Gasteiger partial charge in [-0.05, 0) is 44.0 Å². The van der Waals surface area contributed by atoms with E-state index in [9.17, 15) is 5.11 Å². The van der Waals surface area contributed by atoms with Crippen LogP contribution in [-0.2, 0) is 5.60 Å². The fourth-order valence-corrected chi connectivity index (χ4v) is 3.25. The molecule has 0 aromatic heterocycles. The maximum absolute atomic E-state index is 10.9. The van der Waals surface area contributed by atoms with Gasteiger partial charge >= 0.3 is 0 Å². The van der Waals surface area contributed by atoms with Crippen LogP contribution in [0.3, 0.4) is 0 Å². The molecule has 0 aliphatic heterocycles. The SMILES string of the molecule is Cc1ccc(C(C)(O)c2ccc(Br)cc2Cl)c(C)c1. The Morgan fingerprint density at radius 1 is 1.05 bits per heavy atom. The average Bonchev–Trinajstić information content (AvgIpc) is 2.27. The number of hydrogen-bond acceptors (Lipinski definition) is 1. The van der Waals surface area contributed by atoms with Gasteiger partial charge in [-0.3, -0.25) is 0 Å². The molecule has 1 N–H and O–H groups in total. The van der Waals surface area contributed by atoms with Gasteiger partial charge in [0.1, 0.15) is 5.60 Å². The van der Waals surface area contributed by atoms with Gasteiger partial charge in [-0.2, -0.15) is 0 Å². The van der Waals surface area contributed by atoms with Crippen molar-refractivity contribution in [3.8, 4) is 0 Å². The molecule has 19 heavy (non-hydrogen) atoms. The molecule has 2 rings (SSSR count). The van der Waals surface area contributed by atoms with Crippen LogP contribution in [0, 0.1) is 13.8 Å². The number of benzene rings is 2. The van der Waals surface area contributed by atoms with Crippen molar-refractivity contribution in [2.45, 2.75) is 26.4 Å². The van der Waals surface area contributed by atoms with Gasteiger partial charge in [0.05, 0.1) is 0 Å². The van der Waals surface area contributed by atoms with Crippen LogP contribution in [0.25, 0.3) is 0 Å². The van der Waals surface area contributed by atoms with E-state index in [0.717, 1.165) is 15.6 Å². The Balaban J connectivity index is 2.58. The Kier molecular flexibility index (Phi) is 4.05. The fourth-order valence-electron chi connectivity index (χ4n) is 2.39. The zero-order valence-electron chi connectivity index (χ0n) is 11.2. The van der Waals surface area contributed by atoms with Crippen LogP contribution >= 0.6 is 27.5 Å². The molecule has 3 heteroatoms. The van der Waals surface area contributed by atoms with E-state index >= 15 is 0 Å². The Morgan fingerprint density at radius 3 is 2.26 bits per heavy atom. The lowest BCUT2D eigenvalue weighted by atomic mass is 9.85. The first-order valence-corrected chi connectivity index (χ1v) is 7.25. The van der Waals surface area contributed by atoms with Crippen molar-refractivity contribution in [3.05, 3.63) is 68.1 Å². The minimum Gasteiger partial charge on any atom is -0.381 e. The Bertz CT molecular complexity index is 567. The molecule has 0 saturated heterocycles. The summed E-state index contributed by atoms with van der Waals surface area (Å²) >= 11 is 9.63. The van der Waals surface area contributed by atoms with Gasteiger partial charge < -0.3 is 5.11 Å². The van der Waals surface area contributed by atoms with Crippen LogP contribution in [-0.4, -0.2) is 5.11 Å². The summed E-state index contributed by atoms with van der Waals surface area (Å²) in [7, 11) is 0. The highest BCUT2D eigenvalue weighted by atomic mass is 79.9. The lowest BCUT2D eigenvalue weighted by Crippen LogP contribution is -2.24. The second-order valence-electron chi connectivity index (χ2n) is 5.01. The van der Waals surface area contributed by atoms with Crippen molar-refractivity contribution in [2.75, 3.05) is 0 Å². The van der Waals surface area contributed by atoms with Crippen LogP contribution < -0.4 is 0 Å². The van der Waals surface area contributed by atoms with Crippen molar-refractivity contribution in [1.82, 2.24) is 0 Å². The highest BCUT2D eigenvalue weighted by Crippen LogP contribution is 2.36. The van der Waals surface area contributed by atoms with E-state index in [-0.39, 0.29) is 0 Å². The lowest BCUT2D eigenvalue weighted by molar-refractivity contribution is 0.102. The standard InChI is InChI=1S/C16H16BrClO/c1-10-4-6-13(11(2)8-10)16(3,19)14-7-5-12(17)9-15(14)18/h4-9,19H,1-3H3. The van der Waals surface area contributed by atoms with Gasteiger partial charge in [0.15, 0.2) is 0 Å². The Morgan fingerprint density at radius 2 is 1.68 bits per heavy atom. The summed E-state index contributed by atoms with van der Waals surface area (Å²) in [4.78, 5) is 0. The number of halogens is 2. The van der Waals surface area contributed by atoms with E-state index in [1.54, 1.807) is 13.0 Å². The van der Waals surface area contributed by atoms with Gasteiger partial charge in [0.25, 0.3) is 0 Å². The summed E-state index contributed by atoms with van der Waals surface area (Å²) in [5, 5.41) is 11.5. The van der Waals surface area contributed by atoms with Crippen LogP contribution in [0.2, 0.25) is 5.02 Å². The van der Waals surface area contributed by atoms with Gasteiger partial charge in [0.2, 0.25) is 0 Å². The molecular formula is C16H16BrClO. The van der Waals surface area contributed by atoms with Gasteiger partial charge in [-0.25, -0.2) is 0 Å². The van der Waals surface area contributed by atoms with E-state index in [1.807, 2.05) is 38.1 Å². The third kappa shape index (κ3) is 2.86. The van der Waals surface area contributed by atoms with Crippen molar-refractivity contribution in [2.24, 2.45) is 0 Å². The smallest absolute Gasteiger partial charge is 0.113 e. The second-order valence-corrected chi connectivity index (χ2v) is 6.34. The quantitative estimate of drug-likeness (QED) is 0.818. The van der Waals surface area contributed by atoms with Crippen molar-refractivity contribution in [3.63, 3.8) is 0 Å². The summed E-state index contributed by atoms with van der Waals surface area (Å²) < 4.78 is 0.901. The predicted molar refractivity (Wildman–Crippen MR) is 83.7 cm³/mol. The molecule has 0 bridgehead atoms. The summed E-state index contributed by atoms with van der Waals surface area (Å²) in [6.45, 7) is 5.82. The summed E-state index contributed by atoms with van der Waals surface area (Å²) in [6.07, 6.45) is 0. The topological polar surface area (TPSA) is 20.2 Å². The van der Waals surface area contributed by atoms with Crippen LogP contribution in [0.1, 0.15) is 29.2 Å². The third-order valence-electron chi connectivity index (χ3n) is 3.36. The minimum atomic E-state index is -1.10. The van der Waals surface area contributed by atoms with Crippen molar-refractivity contribution < 1.29 is 5.11 Å². The van der Waals surface area contributed by atoms with Crippen LogP contribution in [0.4, 0.5) is 0 Å². The zero-order chi connectivity index (χ0) is 14.2. The number of rotatable bonds is 2. The molecule has 0 aliphatic carbocycles. The highest BCUT2D eigenvalue weighted by molar-refractivity contribution is 9.10. The number of aryl methyl sites for hydroxylation is 2. The van der Waals surface area contributed by atoms with Crippen molar-refractivity contribution in [1.29, 1.82) is 0 Å². The first kappa shape index (κ1) is 14.6. The molecule has 0 heterocycles. The van der Waals surface area contributed by atoms with E-state index < -0.39 is 5.60 Å². The first-order valence-electron chi connectivity index (χ1n) is 6.08. The molecule has 1 atom stereocenters. The molecule has 100 valence electrons. The van der Waals surface area contributed by atoms with Gasteiger partial charge in [-0.1, -0.05) is 57.4 Å².